The second-order valence-electron chi connectivity index (χ2n) is 6.55. The monoisotopic (exact) mass is 359 g/mol. The van der Waals surface area contributed by atoms with Crippen LogP contribution >= 0.6 is 24.8 Å². The van der Waals surface area contributed by atoms with Gasteiger partial charge in [-0.1, -0.05) is 18.2 Å². The molecule has 130 valence electrons. The summed E-state index contributed by atoms with van der Waals surface area (Å²) in [6, 6.07) is 8.49. The van der Waals surface area contributed by atoms with Crippen LogP contribution in [0.15, 0.2) is 24.3 Å². The lowest BCUT2D eigenvalue weighted by molar-refractivity contribution is -0.140. The molecule has 2 aliphatic rings. The third-order valence-electron chi connectivity index (χ3n) is 4.91. The predicted octanol–water partition coefficient (Wildman–Crippen LogP) is 2.49. The minimum atomic E-state index is -0.190. The highest BCUT2D eigenvalue weighted by Gasteiger charge is 2.39. The maximum Gasteiger partial charge on any atom is 0.229 e. The van der Waals surface area contributed by atoms with Crippen LogP contribution in [0.4, 0.5) is 5.69 Å². The Morgan fingerprint density at radius 3 is 2.35 bits per heavy atom. The molecule has 6 heteroatoms. The quantitative estimate of drug-likeness (QED) is 0.880. The number of aryl methyl sites for hydroxylation is 1. The molecule has 0 aromatic heterocycles. The van der Waals surface area contributed by atoms with Gasteiger partial charge in [0.15, 0.2) is 0 Å². The van der Waals surface area contributed by atoms with E-state index in [0.717, 1.165) is 45.7 Å². The molecule has 2 saturated heterocycles. The number of hydrogen-bond acceptors (Lipinski definition) is 3. The summed E-state index contributed by atoms with van der Waals surface area (Å²) >= 11 is 0. The van der Waals surface area contributed by atoms with Gasteiger partial charge in [0, 0.05) is 38.4 Å². The Kier molecular flexibility index (Phi) is 7.18. The van der Waals surface area contributed by atoms with Crippen LogP contribution in [0.5, 0.6) is 0 Å². The Hall–Kier alpha value is -0.970. The van der Waals surface area contributed by atoms with Gasteiger partial charge in [0.05, 0.1) is 5.41 Å². The summed E-state index contributed by atoms with van der Waals surface area (Å²) in [5, 5.41) is 3.32. The first-order valence-electron chi connectivity index (χ1n) is 7.91. The van der Waals surface area contributed by atoms with Gasteiger partial charge in [-0.2, -0.15) is 0 Å². The van der Waals surface area contributed by atoms with Gasteiger partial charge >= 0.3 is 0 Å². The van der Waals surface area contributed by atoms with Crippen molar-refractivity contribution in [3.63, 3.8) is 0 Å². The molecule has 1 N–H and O–H groups in total. The normalized spacial score (nSPS) is 23.9. The fourth-order valence-electron chi connectivity index (χ4n) is 3.45. The Labute approximate surface area is 151 Å². The molecule has 1 amide bonds. The number of hydrogen-bond donors (Lipinski definition) is 1. The standard InChI is InChI=1S/C17H25N3O.2ClH/c1-14-5-3-4-6-15(14)19-9-11-20(12-10-19)16(21)17(2)7-8-18-13-17;;/h3-6,18H,7-13H2,1-2H3;2*1H. The number of carbonyl (C=O) groups excluding carboxylic acids is 1. The van der Waals surface area contributed by atoms with Crippen molar-refractivity contribution >= 4 is 36.4 Å². The molecule has 0 aliphatic carbocycles. The average molecular weight is 360 g/mol. The SMILES string of the molecule is Cc1ccccc1N1CCN(C(=O)C2(C)CCNC2)CC1.Cl.Cl. The topological polar surface area (TPSA) is 35.6 Å². The van der Waals surface area contributed by atoms with E-state index in [9.17, 15) is 4.79 Å². The van der Waals surface area contributed by atoms with E-state index in [1.54, 1.807) is 0 Å². The van der Waals surface area contributed by atoms with Crippen molar-refractivity contribution in [2.24, 2.45) is 5.41 Å². The molecule has 0 spiro atoms. The molecule has 0 saturated carbocycles. The van der Waals surface area contributed by atoms with E-state index in [1.807, 2.05) is 0 Å². The van der Waals surface area contributed by atoms with Crippen molar-refractivity contribution in [1.82, 2.24) is 10.2 Å². The van der Waals surface area contributed by atoms with Crippen LogP contribution in [0.25, 0.3) is 0 Å². The molecule has 23 heavy (non-hydrogen) atoms. The highest BCUT2D eigenvalue weighted by Crippen LogP contribution is 2.28. The molecule has 2 aliphatic heterocycles. The summed E-state index contributed by atoms with van der Waals surface area (Å²) in [6.07, 6.45) is 0.962. The largest absolute Gasteiger partial charge is 0.368 e. The van der Waals surface area contributed by atoms with Crippen LogP contribution in [0.3, 0.4) is 0 Å². The number of anilines is 1. The van der Waals surface area contributed by atoms with Crippen molar-refractivity contribution in [3.8, 4) is 0 Å². The number of benzene rings is 1. The first-order chi connectivity index (χ1) is 10.1. The molecule has 0 radical (unpaired) electrons. The van der Waals surface area contributed by atoms with Gasteiger partial charge in [0.1, 0.15) is 0 Å². The van der Waals surface area contributed by atoms with E-state index in [4.69, 9.17) is 0 Å². The Bertz CT molecular complexity index is 524. The molecule has 1 aromatic rings. The van der Waals surface area contributed by atoms with Gasteiger partial charge < -0.3 is 15.1 Å². The second kappa shape index (κ2) is 8.22. The van der Waals surface area contributed by atoms with E-state index in [0.29, 0.717) is 5.91 Å². The van der Waals surface area contributed by atoms with Gasteiger partial charge in [-0.3, -0.25) is 4.79 Å². The maximum absolute atomic E-state index is 12.7. The Morgan fingerprint density at radius 2 is 1.78 bits per heavy atom. The van der Waals surface area contributed by atoms with E-state index in [1.165, 1.54) is 11.3 Å². The van der Waals surface area contributed by atoms with Gasteiger partial charge in [-0.25, -0.2) is 0 Å². The van der Waals surface area contributed by atoms with Crippen LogP contribution in [-0.2, 0) is 4.79 Å². The van der Waals surface area contributed by atoms with Crippen LogP contribution in [0.2, 0.25) is 0 Å². The zero-order valence-corrected chi connectivity index (χ0v) is 15.5. The Balaban J connectivity index is 0.00000132. The summed E-state index contributed by atoms with van der Waals surface area (Å²) < 4.78 is 0. The van der Waals surface area contributed by atoms with Gasteiger partial charge in [0.25, 0.3) is 0 Å². The predicted molar refractivity (Wildman–Crippen MR) is 100 cm³/mol. The Morgan fingerprint density at radius 1 is 1.13 bits per heavy atom. The van der Waals surface area contributed by atoms with Crippen LogP contribution in [0.1, 0.15) is 18.9 Å². The second-order valence-corrected chi connectivity index (χ2v) is 6.55. The lowest BCUT2D eigenvalue weighted by Crippen LogP contribution is -2.53. The molecule has 1 aromatic carbocycles. The number of halogens is 2. The zero-order valence-electron chi connectivity index (χ0n) is 13.9. The highest BCUT2D eigenvalue weighted by atomic mass is 35.5. The van der Waals surface area contributed by atoms with Gasteiger partial charge in [-0.15, -0.1) is 24.8 Å². The highest BCUT2D eigenvalue weighted by molar-refractivity contribution is 5.85. The van der Waals surface area contributed by atoms with E-state index >= 15 is 0 Å². The van der Waals surface area contributed by atoms with Crippen LogP contribution in [-0.4, -0.2) is 50.1 Å². The summed E-state index contributed by atoms with van der Waals surface area (Å²) in [7, 11) is 0. The number of piperazine rings is 1. The van der Waals surface area contributed by atoms with Crippen molar-refractivity contribution < 1.29 is 4.79 Å². The summed E-state index contributed by atoms with van der Waals surface area (Å²) in [5.74, 6) is 0.330. The van der Waals surface area contributed by atoms with E-state index in [-0.39, 0.29) is 30.2 Å². The molecular formula is C17H27Cl2N3O. The molecule has 3 rings (SSSR count). The minimum Gasteiger partial charge on any atom is -0.368 e. The maximum atomic E-state index is 12.7. The first kappa shape index (κ1) is 20.1. The molecule has 1 atom stereocenters. The number of nitrogens with one attached hydrogen (secondary N) is 1. The van der Waals surface area contributed by atoms with Gasteiger partial charge in [-0.05, 0) is 38.4 Å². The minimum absolute atomic E-state index is 0. The lowest BCUT2D eigenvalue weighted by Gasteiger charge is -2.39. The van der Waals surface area contributed by atoms with E-state index in [2.05, 4.69) is 53.2 Å². The molecule has 2 heterocycles. The van der Waals surface area contributed by atoms with Crippen LogP contribution in [0, 0.1) is 12.3 Å². The summed E-state index contributed by atoms with van der Waals surface area (Å²) in [6.45, 7) is 9.57. The number of carbonyl (C=O) groups is 1. The lowest BCUT2D eigenvalue weighted by atomic mass is 9.88. The van der Waals surface area contributed by atoms with Crippen molar-refractivity contribution in [1.29, 1.82) is 0 Å². The number of para-hydroxylation sites is 1. The molecule has 1 unspecified atom stereocenters. The summed E-state index contributed by atoms with van der Waals surface area (Å²) in [4.78, 5) is 17.2. The van der Waals surface area contributed by atoms with Crippen molar-refractivity contribution in [2.75, 3.05) is 44.2 Å². The first-order valence-corrected chi connectivity index (χ1v) is 7.91. The van der Waals surface area contributed by atoms with E-state index < -0.39 is 0 Å². The third kappa shape index (κ3) is 4.11. The molecule has 0 bridgehead atoms. The number of rotatable bonds is 2. The zero-order chi connectivity index (χ0) is 14.9. The molecule has 2 fully saturated rings. The number of nitrogens with zero attached hydrogens (tertiary/aromatic N) is 2. The van der Waals surface area contributed by atoms with Crippen molar-refractivity contribution in [2.45, 2.75) is 20.3 Å². The fourth-order valence-corrected chi connectivity index (χ4v) is 3.45. The van der Waals surface area contributed by atoms with Crippen molar-refractivity contribution in [3.05, 3.63) is 29.8 Å². The summed E-state index contributed by atoms with van der Waals surface area (Å²) in [5.41, 5.74) is 2.42. The molecule has 4 nitrogen and oxygen atoms in total. The third-order valence-corrected chi connectivity index (χ3v) is 4.91. The average Bonchev–Trinajstić information content (AvgIpc) is 2.95. The smallest absolute Gasteiger partial charge is 0.229 e. The molecular weight excluding hydrogens is 333 g/mol. The number of amides is 1. The fraction of sp³-hybridized carbons (Fsp3) is 0.588. The van der Waals surface area contributed by atoms with Crippen LogP contribution < -0.4 is 10.2 Å². The van der Waals surface area contributed by atoms with Gasteiger partial charge in [0.2, 0.25) is 5.91 Å².